The van der Waals surface area contributed by atoms with Crippen LogP contribution in [0.4, 0.5) is 5.69 Å². The summed E-state index contributed by atoms with van der Waals surface area (Å²) >= 11 is 0. The summed E-state index contributed by atoms with van der Waals surface area (Å²) in [6.07, 6.45) is 3.36. The Kier molecular flexibility index (Phi) is 7.25. The predicted molar refractivity (Wildman–Crippen MR) is 96.0 cm³/mol. The van der Waals surface area contributed by atoms with Crippen LogP contribution in [0.2, 0.25) is 0 Å². The summed E-state index contributed by atoms with van der Waals surface area (Å²) in [5.41, 5.74) is 1.96. The van der Waals surface area contributed by atoms with Gasteiger partial charge in [-0.1, -0.05) is 24.6 Å². The average Bonchev–Trinajstić information content (AvgIpc) is 3.02. The first-order valence-corrected chi connectivity index (χ1v) is 8.99. The molecule has 0 radical (unpaired) electrons. The highest BCUT2D eigenvalue weighted by atomic mass is 16.2. The van der Waals surface area contributed by atoms with Gasteiger partial charge in [-0.15, -0.1) is 0 Å². The van der Waals surface area contributed by atoms with Crippen LogP contribution in [0.25, 0.3) is 0 Å². The summed E-state index contributed by atoms with van der Waals surface area (Å²) in [6, 6.07) is 7.72. The number of nitrogens with one attached hydrogen (secondary N) is 3. The van der Waals surface area contributed by atoms with Crippen LogP contribution in [-0.2, 0) is 9.59 Å². The second-order valence-electron chi connectivity index (χ2n) is 6.98. The summed E-state index contributed by atoms with van der Waals surface area (Å²) in [6.45, 7) is 8.15. The Bertz CT molecular complexity index is 536. The highest BCUT2D eigenvalue weighted by molar-refractivity contribution is 5.91. The van der Waals surface area contributed by atoms with Crippen LogP contribution in [0, 0.1) is 12.8 Å². The van der Waals surface area contributed by atoms with Crippen molar-refractivity contribution in [1.29, 1.82) is 0 Å². The molecule has 0 bridgehead atoms. The molecule has 1 aliphatic heterocycles. The molecule has 0 aliphatic carbocycles. The normalized spacial score (nSPS) is 15.9. The molecule has 5 heteroatoms. The highest BCUT2D eigenvalue weighted by Gasteiger charge is 2.16. The van der Waals surface area contributed by atoms with Gasteiger partial charge in [0.25, 0.3) is 0 Å². The average molecular weight is 332 g/mol. The minimum Gasteiger partial charge on any atom is -0.350 e. The molecule has 1 aromatic rings. The Morgan fingerprint density at radius 2 is 1.71 bits per heavy atom. The Hall–Kier alpha value is -1.88. The number of carbonyl (C=O) groups is 2. The van der Waals surface area contributed by atoms with Crippen LogP contribution in [-0.4, -0.2) is 38.0 Å². The van der Waals surface area contributed by atoms with Crippen molar-refractivity contribution < 1.29 is 14.5 Å². The fraction of sp³-hybridized carbons (Fsp3) is 0.579. The van der Waals surface area contributed by atoms with Crippen LogP contribution < -0.4 is 15.5 Å². The van der Waals surface area contributed by atoms with Crippen molar-refractivity contribution in [2.75, 3.05) is 31.5 Å². The van der Waals surface area contributed by atoms with Gasteiger partial charge in [0, 0.05) is 31.4 Å². The fourth-order valence-electron chi connectivity index (χ4n) is 3.13. The van der Waals surface area contributed by atoms with E-state index in [1.807, 2.05) is 38.1 Å². The van der Waals surface area contributed by atoms with E-state index in [2.05, 4.69) is 10.6 Å². The van der Waals surface area contributed by atoms with E-state index in [1.165, 1.54) is 25.9 Å². The van der Waals surface area contributed by atoms with Gasteiger partial charge in [-0.2, -0.15) is 0 Å². The van der Waals surface area contributed by atoms with Gasteiger partial charge < -0.3 is 15.5 Å². The van der Waals surface area contributed by atoms with E-state index in [1.54, 1.807) is 4.90 Å². The Morgan fingerprint density at radius 3 is 2.38 bits per heavy atom. The van der Waals surface area contributed by atoms with Crippen LogP contribution in [0.1, 0.15) is 38.2 Å². The first kappa shape index (κ1) is 18.5. The summed E-state index contributed by atoms with van der Waals surface area (Å²) in [5, 5.41) is 5.86. The number of rotatable bonds is 8. The number of carbonyl (C=O) groups excluding carboxylic acids is 2. The van der Waals surface area contributed by atoms with Gasteiger partial charge >= 0.3 is 0 Å². The Balaban J connectivity index is 1.62. The zero-order valence-corrected chi connectivity index (χ0v) is 14.9. The van der Waals surface area contributed by atoms with Crippen molar-refractivity contribution in [3.05, 3.63) is 29.8 Å². The number of amides is 2. The molecule has 1 atom stereocenters. The lowest BCUT2D eigenvalue weighted by atomic mass is 10.0. The van der Waals surface area contributed by atoms with Crippen molar-refractivity contribution in [3.8, 4) is 0 Å². The molecular weight excluding hydrogens is 302 g/mol. The third-order valence-electron chi connectivity index (χ3n) is 4.51. The lowest BCUT2D eigenvalue weighted by molar-refractivity contribution is -0.886. The zero-order valence-electron chi connectivity index (χ0n) is 14.9. The van der Waals surface area contributed by atoms with Crippen molar-refractivity contribution in [2.24, 2.45) is 5.92 Å². The van der Waals surface area contributed by atoms with Gasteiger partial charge in [-0.05, 0) is 25.0 Å². The molecule has 1 fully saturated rings. The summed E-state index contributed by atoms with van der Waals surface area (Å²) < 4.78 is 0. The van der Waals surface area contributed by atoms with Gasteiger partial charge in [0.05, 0.1) is 26.2 Å². The molecule has 1 heterocycles. The topological polar surface area (TPSA) is 62.6 Å². The molecule has 3 N–H and O–H groups in total. The van der Waals surface area contributed by atoms with Crippen LogP contribution in [0.3, 0.4) is 0 Å². The second-order valence-corrected chi connectivity index (χ2v) is 6.98. The van der Waals surface area contributed by atoms with E-state index in [9.17, 15) is 9.59 Å². The third kappa shape index (κ3) is 6.71. The minimum absolute atomic E-state index is 0.0366. The van der Waals surface area contributed by atoms with E-state index in [-0.39, 0.29) is 17.7 Å². The Labute approximate surface area is 144 Å². The number of likely N-dealkylation sites (tertiary alicyclic amines) is 1. The Morgan fingerprint density at radius 1 is 1.08 bits per heavy atom. The first-order chi connectivity index (χ1) is 11.5. The molecule has 132 valence electrons. The molecule has 1 aliphatic rings. The molecule has 0 aromatic heterocycles. The SMILES string of the molecule is Cc1ccc(NC(=O)C[C@@H](C)CC(=O)NCC[NH+]2CCCC2)cc1. The van der Waals surface area contributed by atoms with Gasteiger partial charge in [-0.25, -0.2) is 0 Å². The predicted octanol–water partition coefficient (Wildman–Crippen LogP) is 1.14. The number of quaternary nitrogens is 1. The first-order valence-electron chi connectivity index (χ1n) is 8.99. The number of aryl methyl sites for hydroxylation is 1. The number of hydrogen-bond acceptors (Lipinski definition) is 2. The lowest BCUT2D eigenvalue weighted by Gasteiger charge is -2.14. The van der Waals surface area contributed by atoms with Crippen LogP contribution >= 0.6 is 0 Å². The largest absolute Gasteiger partial charge is 0.350 e. The van der Waals surface area contributed by atoms with Gasteiger partial charge in [0.2, 0.25) is 11.8 Å². The zero-order chi connectivity index (χ0) is 17.4. The molecule has 0 spiro atoms. The molecule has 1 saturated heterocycles. The van der Waals surface area contributed by atoms with E-state index >= 15 is 0 Å². The van der Waals surface area contributed by atoms with E-state index < -0.39 is 0 Å². The van der Waals surface area contributed by atoms with E-state index in [0.717, 1.165) is 24.3 Å². The maximum Gasteiger partial charge on any atom is 0.224 e. The van der Waals surface area contributed by atoms with E-state index in [0.29, 0.717) is 12.8 Å². The summed E-state index contributed by atoms with van der Waals surface area (Å²) in [7, 11) is 0. The van der Waals surface area contributed by atoms with Crippen molar-refractivity contribution in [1.82, 2.24) is 5.32 Å². The molecule has 0 saturated carbocycles. The molecule has 2 amide bonds. The quantitative estimate of drug-likeness (QED) is 0.669. The minimum atomic E-state index is -0.0411. The molecule has 2 rings (SSSR count). The number of benzene rings is 1. The van der Waals surface area contributed by atoms with Crippen LogP contribution in [0.5, 0.6) is 0 Å². The lowest BCUT2D eigenvalue weighted by Crippen LogP contribution is -3.10. The van der Waals surface area contributed by atoms with E-state index in [4.69, 9.17) is 0 Å². The molecule has 5 nitrogen and oxygen atoms in total. The molecule has 1 aromatic carbocycles. The maximum atomic E-state index is 12.0. The second kappa shape index (κ2) is 9.42. The van der Waals surface area contributed by atoms with Gasteiger partial charge in [0.15, 0.2) is 0 Å². The molecular formula is C19H30N3O2+. The maximum absolute atomic E-state index is 12.0. The summed E-state index contributed by atoms with van der Waals surface area (Å²) in [4.78, 5) is 25.6. The van der Waals surface area contributed by atoms with Gasteiger partial charge in [-0.3, -0.25) is 9.59 Å². The van der Waals surface area contributed by atoms with Crippen molar-refractivity contribution in [2.45, 2.75) is 39.5 Å². The molecule has 0 unspecified atom stereocenters. The summed E-state index contributed by atoms with van der Waals surface area (Å²) in [5.74, 6) is 0.0412. The standard InChI is InChI=1S/C19H29N3O2/c1-15-5-7-17(8-6-15)21-19(24)14-16(2)13-18(23)20-9-12-22-10-3-4-11-22/h5-8,16H,3-4,9-14H2,1-2H3,(H,20,23)(H,21,24)/p+1/t16-/m0/s1. The molecule has 24 heavy (non-hydrogen) atoms. The smallest absolute Gasteiger partial charge is 0.224 e. The third-order valence-corrected chi connectivity index (χ3v) is 4.51. The van der Waals surface area contributed by atoms with Crippen molar-refractivity contribution >= 4 is 17.5 Å². The number of hydrogen-bond donors (Lipinski definition) is 3. The van der Waals surface area contributed by atoms with Crippen molar-refractivity contribution in [3.63, 3.8) is 0 Å². The monoisotopic (exact) mass is 332 g/mol. The van der Waals surface area contributed by atoms with Gasteiger partial charge in [0.1, 0.15) is 0 Å². The number of anilines is 1. The highest BCUT2D eigenvalue weighted by Crippen LogP contribution is 2.12. The van der Waals surface area contributed by atoms with Crippen LogP contribution in [0.15, 0.2) is 24.3 Å². The fourth-order valence-corrected chi connectivity index (χ4v) is 3.13.